The maximum Gasteiger partial charge on any atom is 0.272 e. The Balaban J connectivity index is 3.51. The third-order valence-electron chi connectivity index (χ3n) is 1.62. The largest absolute Gasteiger partial charge is 0.397 e. The summed E-state index contributed by atoms with van der Waals surface area (Å²) in [5.74, 6) is 0. The summed E-state index contributed by atoms with van der Waals surface area (Å²) in [5, 5.41) is 27.6. The molecule has 1 aromatic rings. The standard InChI is InChI=1S/C8H4N4O2/c9-3-5-1-7(12(13)14)2-6(4-10)8(5)11/h1-2H,11H2. The highest BCUT2D eigenvalue weighted by Crippen LogP contribution is 2.23. The summed E-state index contributed by atoms with van der Waals surface area (Å²) in [4.78, 5) is 9.72. The van der Waals surface area contributed by atoms with Gasteiger partial charge in [-0.1, -0.05) is 0 Å². The minimum absolute atomic E-state index is 0.0272. The molecule has 0 atom stereocenters. The normalized spacial score (nSPS) is 8.71. The van der Waals surface area contributed by atoms with Crippen molar-refractivity contribution in [3.05, 3.63) is 33.4 Å². The Hall–Kier alpha value is -2.60. The molecule has 1 rings (SSSR count). The quantitative estimate of drug-likeness (QED) is 0.399. The number of nitriles is 2. The van der Waals surface area contributed by atoms with Gasteiger partial charge in [0.1, 0.15) is 12.1 Å². The minimum atomic E-state index is -0.679. The van der Waals surface area contributed by atoms with Crippen molar-refractivity contribution < 1.29 is 4.92 Å². The van der Waals surface area contributed by atoms with Gasteiger partial charge in [0, 0.05) is 12.1 Å². The predicted molar refractivity (Wildman–Crippen MR) is 46.9 cm³/mol. The molecule has 0 radical (unpaired) electrons. The van der Waals surface area contributed by atoms with Crippen LogP contribution < -0.4 is 5.73 Å². The first-order valence-electron chi connectivity index (χ1n) is 3.48. The molecule has 0 heterocycles. The van der Waals surface area contributed by atoms with Crippen LogP contribution in [0.4, 0.5) is 11.4 Å². The van der Waals surface area contributed by atoms with E-state index in [4.69, 9.17) is 16.3 Å². The van der Waals surface area contributed by atoms with E-state index in [1.165, 1.54) is 0 Å². The van der Waals surface area contributed by atoms with Crippen LogP contribution in [0.15, 0.2) is 12.1 Å². The Morgan fingerprint density at radius 2 is 1.71 bits per heavy atom. The number of non-ortho nitro benzene ring substituents is 1. The summed E-state index contributed by atoms with van der Waals surface area (Å²) in [6.45, 7) is 0. The first-order valence-corrected chi connectivity index (χ1v) is 3.48. The van der Waals surface area contributed by atoms with Crippen LogP contribution in [-0.4, -0.2) is 4.92 Å². The number of nitrogens with two attached hydrogens (primary N) is 1. The van der Waals surface area contributed by atoms with Gasteiger partial charge in [0.15, 0.2) is 0 Å². The first-order chi connectivity index (χ1) is 6.60. The molecule has 1 aromatic carbocycles. The zero-order valence-corrected chi connectivity index (χ0v) is 6.89. The van der Waals surface area contributed by atoms with Gasteiger partial charge in [0.05, 0.1) is 21.7 Å². The lowest BCUT2D eigenvalue weighted by Crippen LogP contribution is -1.97. The molecule has 0 spiro atoms. The monoisotopic (exact) mass is 188 g/mol. The second-order valence-electron chi connectivity index (χ2n) is 2.44. The molecule has 0 unspecified atom stereocenters. The molecular formula is C8H4N4O2. The molecule has 0 bridgehead atoms. The van der Waals surface area contributed by atoms with E-state index < -0.39 is 4.92 Å². The topological polar surface area (TPSA) is 117 Å². The molecule has 0 fully saturated rings. The van der Waals surface area contributed by atoms with Gasteiger partial charge < -0.3 is 5.73 Å². The summed E-state index contributed by atoms with van der Waals surface area (Å²) < 4.78 is 0. The van der Waals surface area contributed by atoms with Crippen LogP contribution in [0.1, 0.15) is 11.1 Å². The third-order valence-corrected chi connectivity index (χ3v) is 1.62. The Morgan fingerprint density at radius 1 is 1.29 bits per heavy atom. The summed E-state index contributed by atoms with van der Waals surface area (Å²) in [5.41, 5.74) is 4.95. The zero-order chi connectivity index (χ0) is 10.7. The van der Waals surface area contributed by atoms with Crippen molar-refractivity contribution in [3.8, 4) is 12.1 Å². The van der Waals surface area contributed by atoms with Gasteiger partial charge in [-0.15, -0.1) is 0 Å². The van der Waals surface area contributed by atoms with E-state index in [0.29, 0.717) is 0 Å². The second kappa shape index (κ2) is 3.42. The zero-order valence-electron chi connectivity index (χ0n) is 6.89. The smallest absolute Gasteiger partial charge is 0.272 e. The van der Waals surface area contributed by atoms with Crippen molar-refractivity contribution in [3.63, 3.8) is 0 Å². The van der Waals surface area contributed by atoms with Gasteiger partial charge in [-0.25, -0.2) is 0 Å². The van der Waals surface area contributed by atoms with E-state index in [1.54, 1.807) is 12.1 Å². The number of nitrogen functional groups attached to an aromatic ring is 1. The van der Waals surface area contributed by atoms with E-state index in [9.17, 15) is 10.1 Å². The third kappa shape index (κ3) is 1.45. The highest BCUT2D eigenvalue weighted by Gasteiger charge is 2.13. The number of nitro benzene ring substituents is 1. The lowest BCUT2D eigenvalue weighted by molar-refractivity contribution is -0.384. The highest BCUT2D eigenvalue weighted by atomic mass is 16.6. The highest BCUT2D eigenvalue weighted by molar-refractivity contribution is 5.67. The van der Waals surface area contributed by atoms with Crippen molar-refractivity contribution in [2.75, 3.05) is 5.73 Å². The van der Waals surface area contributed by atoms with Crippen molar-refractivity contribution in [2.45, 2.75) is 0 Å². The number of nitro groups is 1. The lowest BCUT2D eigenvalue weighted by atomic mass is 10.1. The Labute approximate surface area is 78.9 Å². The molecule has 2 N–H and O–H groups in total. The summed E-state index contributed by atoms with van der Waals surface area (Å²) in [6.07, 6.45) is 0. The Kier molecular flexibility index (Phi) is 2.32. The maximum atomic E-state index is 10.4. The van der Waals surface area contributed by atoms with Gasteiger partial charge >= 0.3 is 0 Å². The van der Waals surface area contributed by atoms with Crippen LogP contribution in [0.25, 0.3) is 0 Å². The molecule has 6 heteroatoms. The van der Waals surface area contributed by atoms with Crippen LogP contribution in [-0.2, 0) is 0 Å². The van der Waals surface area contributed by atoms with Crippen LogP contribution in [0.3, 0.4) is 0 Å². The van der Waals surface area contributed by atoms with Gasteiger partial charge in [0.25, 0.3) is 5.69 Å². The summed E-state index contributed by atoms with van der Waals surface area (Å²) in [6, 6.07) is 5.45. The van der Waals surface area contributed by atoms with Crippen molar-refractivity contribution in [2.24, 2.45) is 0 Å². The molecule has 0 aliphatic rings. The number of rotatable bonds is 1. The van der Waals surface area contributed by atoms with Crippen LogP contribution in [0, 0.1) is 32.8 Å². The molecule has 0 saturated heterocycles. The van der Waals surface area contributed by atoms with Gasteiger partial charge in [-0.3, -0.25) is 10.1 Å². The molecule has 0 aliphatic carbocycles. The van der Waals surface area contributed by atoms with E-state index in [2.05, 4.69) is 0 Å². The number of hydrogen-bond donors (Lipinski definition) is 1. The van der Waals surface area contributed by atoms with Gasteiger partial charge in [0.2, 0.25) is 0 Å². The molecule has 6 nitrogen and oxygen atoms in total. The van der Waals surface area contributed by atoms with Gasteiger partial charge in [-0.05, 0) is 0 Å². The summed E-state index contributed by atoms with van der Waals surface area (Å²) >= 11 is 0. The molecule has 0 aliphatic heterocycles. The average molecular weight is 188 g/mol. The molecule has 0 amide bonds. The van der Waals surface area contributed by atoms with Gasteiger partial charge in [-0.2, -0.15) is 10.5 Å². The molecule has 0 aromatic heterocycles. The predicted octanol–water partition coefficient (Wildman–Crippen LogP) is 0.920. The van der Waals surface area contributed by atoms with E-state index in [-0.39, 0.29) is 22.5 Å². The molecule has 0 saturated carbocycles. The SMILES string of the molecule is N#Cc1cc([N+](=O)[O-])cc(C#N)c1N. The molecule has 14 heavy (non-hydrogen) atoms. The number of anilines is 1. The number of benzene rings is 1. The number of nitrogens with zero attached hydrogens (tertiary/aromatic N) is 3. The lowest BCUT2D eigenvalue weighted by Gasteiger charge is -1.99. The molecular weight excluding hydrogens is 184 g/mol. The Bertz CT molecular complexity index is 446. The number of hydrogen-bond acceptors (Lipinski definition) is 5. The van der Waals surface area contributed by atoms with Crippen LogP contribution in [0.5, 0.6) is 0 Å². The van der Waals surface area contributed by atoms with E-state index >= 15 is 0 Å². The van der Waals surface area contributed by atoms with Crippen LogP contribution in [0.2, 0.25) is 0 Å². The van der Waals surface area contributed by atoms with E-state index in [1.807, 2.05) is 0 Å². The molecule has 68 valence electrons. The van der Waals surface area contributed by atoms with Crippen LogP contribution >= 0.6 is 0 Å². The fourth-order valence-electron chi connectivity index (χ4n) is 0.928. The first kappa shape index (κ1) is 9.49. The van der Waals surface area contributed by atoms with Crippen molar-refractivity contribution >= 4 is 11.4 Å². The minimum Gasteiger partial charge on any atom is -0.397 e. The maximum absolute atomic E-state index is 10.4. The van der Waals surface area contributed by atoms with E-state index in [0.717, 1.165) is 12.1 Å². The second-order valence-corrected chi connectivity index (χ2v) is 2.44. The summed E-state index contributed by atoms with van der Waals surface area (Å²) in [7, 11) is 0. The average Bonchev–Trinajstić information content (AvgIpc) is 2.17. The fourth-order valence-corrected chi connectivity index (χ4v) is 0.928. The van der Waals surface area contributed by atoms with Crippen molar-refractivity contribution in [1.29, 1.82) is 10.5 Å². The Morgan fingerprint density at radius 3 is 2.00 bits per heavy atom. The van der Waals surface area contributed by atoms with Crippen molar-refractivity contribution in [1.82, 2.24) is 0 Å². The fraction of sp³-hybridized carbons (Fsp3) is 0.